The third-order valence-electron chi connectivity index (χ3n) is 3.34. The molecule has 2 rings (SSSR count). The number of nitrogens with zero attached hydrogens (tertiary/aromatic N) is 1. The molecule has 1 aromatic rings. The Morgan fingerprint density at radius 1 is 1.47 bits per heavy atom. The van der Waals surface area contributed by atoms with Gasteiger partial charge in [-0.25, -0.2) is 0 Å². The van der Waals surface area contributed by atoms with E-state index in [2.05, 4.69) is 11.8 Å². The van der Waals surface area contributed by atoms with Gasteiger partial charge in [-0.2, -0.15) is 0 Å². The predicted molar refractivity (Wildman–Crippen MR) is 67.2 cm³/mol. The third-order valence-corrected chi connectivity index (χ3v) is 3.59. The van der Waals surface area contributed by atoms with Gasteiger partial charge in [-0.3, -0.25) is 9.69 Å². The summed E-state index contributed by atoms with van der Waals surface area (Å²) in [5, 5.41) is 9.60. The van der Waals surface area contributed by atoms with Gasteiger partial charge in [0.2, 0.25) is 0 Å². The molecule has 1 heterocycles. The van der Waals surface area contributed by atoms with Crippen LogP contribution in [0.5, 0.6) is 0 Å². The number of hydrogen-bond donors (Lipinski definition) is 1. The van der Waals surface area contributed by atoms with Crippen LogP contribution < -0.4 is 0 Å². The average Bonchev–Trinajstić information content (AvgIpc) is 2.23. The fraction of sp³-hybridized carbons (Fsp3) is 0.462. The van der Waals surface area contributed by atoms with Gasteiger partial charge in [-0.1, -0.05) is 30.7 Å². The Balaban J connectivity index is 2.03. The lowest BCUT2D eigenvalue weighted by atomic mass is 9.93. The van der Waals surface area contributed by atoms with E-state index in [9.17, 15) is 4.79 Å². The summed E-state index contributed by atoms with van der Waals surface area (Å²) < 4.78 is 0. The van der Waals surface area contributed by atoms with Crippen LogP contribution in [0.4, 0.5) is 0 Å². The van der Waals surface area contributed by atoms with Crippen molar-refractivity contribution in [3.05, 3.63) is 34.9 Å². The smallest absolute Gasteiger partial charge is 0.309 e. The summed E-state index contributed by atoms with van der Waals surface area (Å²) in [6.45, 7) is 3.42. The number of aliphatic carboxylic acids is 1. The van der Waals surface area contributed by atoms with Crippen molar-refractivity contribution >= 4 is 17.6 Å². The highest BCUT2D eigenvalue weighted by Crippen LogP contribution is 2.31. The van der Waals surface area contributed by atoms with Gasteiger partial charge in [0.15, 0.2) is 0 Å². The molecule has 0 spiro atoms. The van der Waals surface area contributed by atoms with E-state index in [0.717, 1.165) is 11.4 Å². The lowest BCUT2D eigenvalue weighted by molar-refractivity contribution is -0.148. The third kappa shape index (κ3) is 2.61. The van der Waals surface area contributed by atoms with Crippen molar-refractivity contribution in [1.29, 1.82) is 0 Å². The van der Waals surface area contributed by atoms with Gasteiger partial charge in [0.05, 0.1) is 5.92 Å². The number of carbonyl (C=O) groups is 1. The zero-order valence-corrected chi connectivity index (χ0v) is 10.5. The standard InChI is InChI=1S/C13H16ClNO2/c1-2-12(9-3-5-11(14)6-4-9)15-7-10(8-15)13(16)17/h3-6,10,12H,2,7-8H2,1H3,(H,16,17). The normalized spacial score (nSPS) is 18.7. The van der Waals surface area contributed by atoms with Crippen molar-refractivity contribution in [3.63, 3.8) is 0 Å². The second kappa shape index (κ2) is 5.07. The molecule has 1 atom stereocenters. The van der Waals surface area contributed by atoms with Crippen LogP contribution in [0.15, 0.2) is 24.3 Å². The summed E-state index contributed by atoms with van der Waals surface area (Å²) in [5.41, 5.74) is 1.21. The average molecular weight is 254 g/mol. The molecular formula is C13H16ClNO2. The van der Waals surface area contributed by atoms with Gasteiger partial charge in [-0.15, -0.1) is 0 Å². The molecule has 0 aliphatic carbocycles. The summed E-state index contributed by atoms with van der Waals surface area (Å²) in [4.78, 5) is 13.0. The number of benzene rings is 1. The zero-order chi connectivity index (χ0) is 12.4. The largest absolute Gasteiger partial charge is 0.481 e. The molecule has 17 heavy (non-hydrogen) atoms. The van der Waals surface area contributed by atoms with Gasteiger partial charge < -0.3 is 5.11 Å². The number of carboxylic acids is 1. The fourth-order valence-electron chi connectivity index (χ4n) is 2.31. The quantitative estimate of drug-likeness (QED) is 0.897. The molecule has 0 saturated carbocycles. The molecule has 0 bridgehead atoms. The molecule has 0 aromatic heterocycles. The van der Waals surface area contributed by atoms with Gasteiger partial charge >= 0.3 is 5.97 Å². The van der Waals surface area contributed by atoms with Crippen LogP contribution in [0.25, 0.3) is 0 Å². The molecular weight excluding hydrogens is 238 g/mol. The highest BCUT2D eigenvalue weighted by Gasteiger charge is 2.36. The Morgan fingerprint density at radius 2 is 2.06 bits per heavy atom. The van der Waals surface area contributed by atoms with E-state index in [4.69, 9.17) is 16.7 Å². The van der Waals surface area contributed by atoms with Crippen LogP contribution in [-0.2, 0) is 4.79 Å². The minimum atomic E-state index is -0.688. The van der Waals surface area contributed by atoms with Crippen molar-refractivity contribution in [1.82, 2.24) is 4.90 Å². The van der Waals surface area contributed by atoms with E-state index >= 15 is 0 Å². The maximum absolute atomic E-state index is 10.8. The monoisotopic (exact) mass is 253 g/mol. The van der Waals surface area contributed by atoms with E-state index in [0.29, 0.717) is 19.1 Å². The molecule has 3 nitrogen and oxygen atoms in total. The number of hydrogen-bond acceptors (Lipinski definition) is 2. The molecule has 0 amide bonds. The van der Waals surface area contributed by atoms with Crippen LogP contribution in [0.1, 0.15) is 24.9 Å². The Hall–Kier alpha value is -1.06. The van der Waals surface area contributed by atoms with Gasteiger partial charge in [-0.05, 0) is 24.1 Å². The molecule has 92 valence electrons. The lowest BCUT2D eigenvalue weighted by Crippen LogP contribution is -2.51. The Labute approximate surface area is 106 Å². The van der Waals surface area contributed by atoms with Crippen LogP contribution in [0.2, 0.25) is 5.02 Å². The Bertz CT molecular complexity index is 398. The summed E-state index contributed by atoms with van der Waals surface area (Å²) in [5.74, 6) is -0.886. The molecule has 1 fully saturated rings. The van der Waals surface area contributed by atoms with Gasteiger partial charge in [0, 0.05) is 24.2 Å². The molecule has 1 aliphatic rings. The second-order valence-electron chi connectivity index (χ2n) is 4.46. The second-order valence-corrected chi connectivity index (χ2v) is 4.90. The van der Waals surface area contributed by atoms with E-state index in [1.807, 2.05) is 24.3 Å². The minimum Gasteiger partial charge on any atom is -0.481 e. The van der Waals surface area contributed by atoms with Gasteiger partial charge in [0.1, 0.15) is 0 Å². The molecule has 4 heteroatoms. The predicted octanol–water partition coefficient (Wildman–Crippen LogP) is 2.81. The summed E-state index contributed by atoms with van der Waals surface area (Å²) in [6, 6.07) is 8.11. The van der Waals surface area contributed by atoms with Crippen molar-refractivity contribution < 1.29 is 9.90 Å². The number of halogens is 1. The molecule has 1 aliphatic heterocycles. The van der Waals surface area contributed by atoms with Gasteiger partial charge in [0.25, 0.3) is 0 Å². The molecule has 1 aromatic carbocycles. The SMILES string of the molecule is CCC(c1ccc(Cl)cc1)N1CC(C(=O)O)C1. The topological polar surface area (TPSA) is 40.5 Å². The highest BCUT2D eigenvalue weighted by molar-refractivity contribution is 6.30. The Kier molecular flexibility index (Phi) is 3.69. The maximum Gasteiger partial charge on any atom is 0.309 e. The lowest BCUT2D eigenvalue weighted by Gasteiger charge is -2.42. The molecule has 0 radical (unpaired) electrons. The van der Waals surface area contributed by atoms with Crippen LogP contribution >= 0.6 is 11.6 Å². The summed E-state index contributed by atoms with van der Waals surface area (Å²) in [6.07, 6.45) is 0.980. The number of likely N-dealkylation sites (tertiary alicyclic amines) is 1. The van der Waals surface area contributed by atoms with E-state index in [-0.39, 0.29) is 5.92 Å². The fourth-order valence-corrected chi connectivity index (χ4v) is 2.44. The first-order valence-corrected chi connectivity index (χ1v) is 6.22. The minimum absolute atomic E-state index is 0.198. The Morgan fingerprint density at radius 3 is 2.53 bits per heavy atom. The van der Waals surface area contributed by atoms with E-state index in [1.165, 1.54) is 5.56 Å². The van der Waals surface area contributed by atoms with Crippen molar-refractivity contribution in [2.75, 3.05) is 13.1 Å². The number of rotatable bonds is 4. The summed E-state index contributed by atoms with van der Waals surface area (Å²) in [7, 11) is 0. The molecule has 1 N–H and O–H groups in total. The van der Waals surface area contributed by atoms with E-state index in [1.54, 1.807) is 0 Å². The first-order chi connectivity index (χ1) is 8.11. The first kappa shape index (κ1) is 12.4. The summed E-state index contributed by atoms with van der Waals surface area (Å²) >= 11 is 5.86. The first-order valence-electron chi connectivity index (χ1n) is 5.84. The number of carboxylic acid groups (broad SMARTS) is 1. The zero-order valence-electron chi connectivity index (χ0n) is 9.77. The van der Waals surface area contributed by atoms with Crippen molar-refractivity contribution in [3.8, 4) is 0 Å². The highest BCUT2D eigenvalue weighted by atomic mass is 35.5. The van der Waals surface area contributed by atoms with Crippen LogP contribution in [-0.4, -0.2) is 29.1 Å². The maximum atomic E-state index is 10.8. The van der Waals surface area contributed by atoms with Crippen molar-refractivity contribution in [2.45, 2.75) is 19.4 Å². The van der Waals surface area contributed by atoms with Crippen LogP contribution in [0, 0.1) is 5.92 Å². The molecule has 1 saturated heterocycles. The molecule has 1 unspecified atom stereocenters. The van der Waals surface area contributed by atoms with E-state index < -0.39 is 5.97 Å². The van der Waals surface area contributed by atoms with Crippen molar-refractivity contribution in [2.24, 2.45) is 5.92 Å². The van der Waals surface area contributed by atoms with Crippen LogP contribution in [0.3, 0.4) is 0 Å².